The molecular formula is C15H17F2N3O3S. The van der Waals surface area contributed by atoms with E-state index in [4.69, 9.17) is 4.74 Å². The summed E-state index contributed by atoms with van der Waals surface area (Å²) in [6.45, 7) is 4.02. The maximum atomic E-state index is 13.1. The summed E-state index contributed by atoms with van der Waals surface area (Å²) in [5, 5.41) is 12.5. The van der Waals surface area contributed by atoms with E-state index in [9.17, 15) is 18.7 Å². The number of amides is 2. The Balaban J connectivity index is 2.01. The van der Waals surface area contributed by atoms with Gasteiger partial charge in [0.1, 0.15) is 22.4 Å². The van der Waals surface area contributed by atoms with E-state index >= 15 is 0 Å². The van der Waals surface area contributed by atoms with Gasteiger partial charge in [0.25, 0.3) is 5.19 Å². The lowest BCUT2D eigenvalue weighted by molar-refractivity contribution is 0.141. The van der Waals surface area contributed by atoms with Crippen LogP contribution in [0.4, 0.5) is 18.6 Å². The summed E-state index contributed by atoms with van der Waals surface area (Å²) >= 11 is 1.02. The van der Waals surface area contributed by atoms with Crippen LogP contribution >= 0.6 is 11.3 Å². The van der Waals surface area contributed by atoms with Gasteiger partial charge in [-0.25, -0.2) is 18.6 Å². The van der Waals surface area contributed by atoms with Crippen LogP contribution in [-0.2, 0) is 0 Å². The van der Waals surface area contributed by atoms with Crippen LogP contribution in [0.3, 0.4) is 0 Å². The maximum absolute atomic E-state index is 13.1. The molecule has 9 heteroatoms. The van der Waals surface area contributed by atoms with Crippen LogP contribution in [0.15, 0.2) is 24.4 Å². The molecule has 1 atom stereocenters. The molecule has 0 aliphatic carbocycles. The van der Waals surface area contributed by atoms with Gasteiger partial charge in [0.15, 0.2) is 0 Å². The first kappa shape index (κ1) is 18.1. The van der Waals surface area contributed by atoms with Crippen molar-refractivity contribution >= 4 is 22.4 Å². The highest BCUT2D eigenvalue weighted by atomic mass is 32.1. The molecule has 24 heavy (non-hydrogen) atoms. The van der Waals surface area contributed by atoms with Crippen molar-refractivity contribution in [2.75, 3.05) is 18.4 Å². The van der Waals surface area contributed by atoms with Gasteiger partial charge in [-0.1, -0.05) is 11.3 Å². The molecule has 1 heterocycles. The lowest BCUT2D eigenvalue weighted by atomic mass is 10.3. The second-order valence-electron chi connectivity index (χ2n) is 5.02. The van der Waals surface area contributed by atoms with Crippen LogP contribution < -0.4 is 10.1 Å². The Morgan fingerprint density at radius 2 is 2.08 bits per heavy atom. The Hall–Kier alpha value is -2.26. The molecule has 0 aliphatic heterocycles. The average molecular weight is 357 g/mol. The molecule has 1 aromatic heterocycles. The number of carbonyl (C=O) groups excluding carboxylic acids is 1. The topological polar surface area (TPSA) is 74.7 Å². The molecule has 2 N–H and O–H groups in total. The smallest absolute Gasteiger partial charge is 0.322 e. The Labute approximate surface area is 141 Å². The Morgan fingerprint density at radius 1 is 1.42 bits per heavy atom. The van der Waals surface area contributed by atoms with Crippen LogP contribution in [0.5, 0.6) is 10.9 Å². The molecule has 0 aliphatic rings. The number of thiazole rings is 1. The van der Waals surface area contributed by atoms with Crippen LogP contribution in [0.1, 0.15) is 13.8 Å². The van der Waals surface area contributed by atoms with Gasteiger partial charge in [-0.15, -0.1) is 0 Å². The number of benzene rings is 1. The molecule has 2 aromatic rings. The molecule has 6 nitrogen and oxygen atoms in total. The highest BCUT2D eigenvalue weighted by Crippen LogP contribution is 2.30. The van der Waals surface area contributed by atoms with Gasteiger partial charge in [0.2, 0.25) is 0 Å². The summed E-state index contributed by atoms with van der Waals surface area (Å²) in [5.41, 5.74) is 0. The normalized spacial score (nSPS) is 11.9. The number of aromatic nitrogens is 1. The fourth-order valence-electron chi connectivity index (χ4n) is 1.91. The first-order valence-corrected chi connectivity index (χ1v) is 8.02. The molecular weight excluding hydrogens is 340 g/mol. The molecule has 0 radical (unpaired) electrons. The lowest BCUT2D eigenvalue weighted by Gasteiger charge is -2.22. The van der Waals surface area contributed by atoms with Gasteiger partial charge in [-0.05, 0) is 13.8 Å². The van der Waals surface area contributed by atoms with Crippen LogP contribution in [0.25, 0.3) is 0 Å². The number of likely N-dealkylation sites (N-methyl/N-ethyl adjacent to an activating group) is 1. The number of aliphatic hydroxyl groups excluding tert-OH is 1. The number of hydrogen-bond donors (Lipinski definition) is 2. The van der Waals surface area contributed by atoms with Gasteiger partial charge in [-0.2, -0.15) is 0 Å². The zero-order chi connectivity index (χ0) is 17.7. The summed E-state index contributed by atoms with van der Waals surface area (Å²) in [4.78, 5) is 17.5. The number of aliphatic hydroxyl groups is 1. The van der Waals surface area contributed by atoms with Crippen molar-refractivity contribution in [2.45, 2.75) is 20.0 Å². The minimum atomic E-state index is -0.758. The molecule has 1 aromatic carbocycles. The zero-order valence-electron chi connectivity index (χ0n) is 13.1. The standard InChI is InChI=1S/C15H17F2N3O3S/c1-3-20(8-9(2)21)14(22)19-13-7-18-15(24-13)23-12-5-10(16)4-11(17)6-12/h4-7,9,21H,3,8H2,1-2H3,(H,19,22)/t9-/m0/s1. The van der Waals surface area contributed by atoms with Gasteiger partial charge >= 0.3 is 6.03 Å². The molecule has 0 saturated heterocycles. The number of nitrogens with zero attached hydrogens (tertiary/aromatic N) is 2. The quantitative estimate of drug-likeness (QED) is 0.830. The van der Waals surface area contributed by atoms with Crippen LogP contribution in [0, 0.1) is 11.6 Å². The highest BCUT2D eigenvalue weighted by molar-refractivity contribution is 7.17. The third-order valence-electron chi connectivity index (χ3n) is 2.91. The summed E-state index contributed by atoms with van der Waals surface area (Å²) in [7, 11) is 0. The Bertz CT molecular complexity index is 689. The summed E-state index contributed by atoms with van der Waals surface area (Å²) in [6.07, 6.45) is 0.739. The first-order chi connectivity index (χ1) is 11.4. The van der Waals surface area contributed by atoms with E-state index in [1.165, 1.54) is 11.1 Å². The Kier molecular flexibility index (Phi) is 6.04. The monoisotopic (exact) mass is 357 g/mol. The number of carbonyl (C=O) groups is 1. The molecule has 0 saturated carbocycles. The number of rotatable bonds is 6. The second kappa shape index (κ2) is 8.02. The minimum Gasteiger partial charge on any atom is -0.431 e. The van der Waals surface area contributed by atoms with E-state index < -0.39 is 17.7 Å². The summed E-state index contributed by atoms with van der Waals surface area (Å²) < 4.78 is 31.5. The summed E-state index contributed by atoms with van der Waals surface area (Å²) in [6, 6.07) is 2.42. The number of ether oxygens (including phenoxy) is 1. The average Bonchev–Trinajstić information content (AvgIpc) is 2.90. The number of nitrogens with one attached hydrogen (secondary N) is 1. The van der Waals surface area contributed by atoms with E-state index in [1.54, 1.807) is 13.8 Å². The van der Waals surface area contributed by atoms with E-state index in [-0.39, 0.29) is 23.5 Å². The van der Waals surface area contributed by atoms with E-state index in [0.717, 1.165) is 29.5 Å². The van der Waals surface area contributed by atoms with E-state index in [1.807, 2.05) is 0 Å². The molecule has 130 valence electrons. The van der Waals surface area contributed by atoms with Crippen molar-refractivity contribution in [1.82, 2.24) is 9.88 Å². The first-order valence-electron chi connectivity index (χ1n) is 7.21. The zero-order valence-corrected chi connectivity index (χ0v) is 13.9. The van der Waals surface area contributed by atoms with Crippen molar-refractivity contribution in [2.24, 2.45) is 0 Å². The largest absolute Gasteiger partial charge is 0.431 e. The number of hydrogen-bond acceptors (Lipinski definition) is 5. The van der Waals surface area contributed by atoms with Gasteiger partial charge in [0.05, 0.1) is 12.3 Å². The lowest BCUT2D eigenvalue weighted by Crippen LogP contribution is -2.39. The third kappa shape index (κ3) is 5.14. The van der Waals surface area contributed by atoms with Crippen molar-refractivity contribution in [3.05, 3.63) is 36.0 Å². The molecule has 2 amide bonds. The number of anilines is 1. The van der Waals surface area contributed by atoms with Crippen molar-refractivity contribution in [3.8, 4) is 10.9 Å². The minimum absolute atomic E-state index is 0.0241. The number of urea groups is 1. The highest BCUT2D eigenvalue weighted by Gasteiger charge is 2.15. The van der Waals surface area contributed by atoms with Gasteiger partial charge in [0, 0.05) is 31.3 Å². The van der Waals surface area contributed by atoms with Crippen molar-refractivity contribution < 1.29 is 23.4 Å². The fourth-order valence-corrected chi connectivity index (χ4v) is 2.59. The predicted molar refractivity (Wildman–Crippen MR) is 86.5 cm³/mol. The molecule has 0 spiro atoms. The third-order valence-corrected chi connectivity index (χ3v) is 3.70. The van der Waals surface area contributed by atoms with Gasteiger partial charge in [-0.3, -0.25) is 5.32 Å². The fraction of sp³-hybridized carbons (Fsp3) is 0.333. The SMILES string of the molecule is CCN(C[C@H](C)O)C(=O)Nc1cnc(Oc2cc(F)cc(F)c2)s1. The van der Waals surface area contributed by atoms with Crippen LogP contribution in [-0.4, -0.2) is 40.2 Å². The second-order valence-corrected chi connectivity index (χ2v) is 6.01. The van der Waals surface area contributed by atoms with Gasteiger partial charge < -0.3 is 14.7 Å². The molecule has 2 rings (SSSR count). The predicted octanol–water partition coefficient (Wildman–Crippen LogP) is 3.45. The van der Waals surface area contributed by atoms with E-state index in [2.05, 4.69) is 10.3 Å². The molecule has 0 fully saturated rings. The molecule has 0 bridgehead atoms. The van der Waals surface area contributed by atoms with Crippen molar-refractivity contribution in [3.63, 3.8) is 0 Å². The van der Waals surface area contributed by atoms with Crippen LogP contribution in [0.2, 0.25) is 0 Å². The Morgan fingerprint density at radius 3 is 2.67 bits per heavy atom. The molecule has 0 unspecified atom stereocenters. The van der Waals surface area contributed by atoms with E-state index in [0.29, 0.717) is 11.5 Å². The maximum Gasteiger partial charge on any atom is 0.322 e. The van der Waals surface area contributed by atoms with Crippen molar-refractivity contribution in [1.29, 1.82) is 0 Å². The number of halogens is 2. The summed E-state index contributed by atoms with van der Waals surface area (Å²) in [5.74, 6) is -1.54.